The van der Waals surface area contributed by atoms with Gasteiger partial charge in [-0.1, -0.05) is 12.1 Å². The lowest BCUT2D eigenvalue weighted by Gasteiger charge is -2.13. The van der Waals surface area contributed by atoms with Crippen molar-refractivity contribution in [3.05, 3.63) is 78.8 Å². The van der Waals surface area contributed by atoms with Crippen LogP contribution in [0.25, 0.3) is 28.3 Å². The molecule has 0 radical (unpaired) electrons. The summed E-state index contributed by atoms with van der Waals surface area (Å²) in [5, 5.41) is 0. The first-order valence-corrected chi connectivity index (χ1v) is 8.68. The Labute approximate surface area is 171 Å². The van der Waals surface area contributed by atoms with E-state index in [-0.39, 0.29) is 17.1 Å². The van der Waals surface area contributed by atoms with Gasteiger partial charge in [0.1, 0.15) is 18.5 Å². The Hall–Kier alpha value is -3.76. The number of alkyl halides is 6. The molecule has 0 saturated heterocycles. The van der Waals surface area contributed by atoms with Crippen molar-refractivity contribution >= 4 is 0 Å². The van der Waals surface area contributed by atoms with Gasteiger partial charge in [0.05, 0.1) is 22.5 Å². The SMILES string of the molecule is FC(F)(F)c1ccc(-c2cc(C(F)(F)F)cc(-n3cnc(-c4cncnc4)c3)n2)cc1. The van der Waals surface area contributed by atoms with Gasteiger partial charge in [-0.05, 0) is 24.3 Å². The highest BCUT2D eigenvalue weighted by Crippen LogP contribution is 2.35. The Morgan fingerprint density at radius 2 is 1.35 bits per heavy atom. The first-order chi connectivity index (χ1) is 14.6. The number of hydrogen-bond donors (Lipinski definition) is 0. The standard InChI is InChI=1S/C20H11F6N5/c21-19(22,23)14-3-1-12(2-4-14)16-5-15(20(24,25)26)6-18(30-16)31-9-17(29-11-31)13-7-27-10-28-8-13/h1-11H. The molecule has 0 saturated carbocycles. The zero-order valence-corrected chi connectivity index (χ0v) is 15.4. The maximum absolute atomic E-state index is 13.5. The van der Waals surface area contributed by atoms with E-state index in [1.807, 2.05) is 0 Å². The maximum Gasteiger partial charge on any atom is 0.416 e. The molecular formula is C20H11F6N5. The van der Waals surface area contributed by atoms with Crippen molar-refractivity contribution in [3.8, 4) is 28.3 Å². The van der Waals surface area contributed by atoms with Gasteiger partial charge in [0.25, 0.3) is 0 Å². The van der Waals surface area contributed by atoms with Crippen LogP contribution in [0.5, 0.6) is 0 Å². The van der Waals surface area contributed by atoms with Crippen LogP contribution in [0.2, 0.25) is 0 Å². The number of imidazole rings is 1. The number of pyridine rings is 1. The summed E-state index contributed by atoms with van der Waals surface area (Å²) in [5.74, 6) is -0.0969. The van der Waals surface area contributed by atoms with Crippen molar-refractivity contribution in [2.75, 3.05) is 0 Å². The van der Waals surface area contributed by atoms with Gasteiger partial charge in [-0.25, -0.2) is 19.9 Å². The van der Waals surface area contributed by atoms with Crippen LogP contribution in [0, 0.1) is 0 Å². The van der Waals surface area contributed by atoms with E-state index in [0.29, 0.717) is 11.3 Å². The summed E-state index contributed by atoms with van der Waals surface area (Å²) in [6.07, 6.45) is -2.20. The molecule has 0 aliphatic carbocycles. The van der Waals surface area contributed by atoms with Crippen LogP contribution in [-0.2, 0) is 12.4 Å². The Kier molecular flexibility index (Phi) is 4.96. The third-order valence-corrected chi connectivity index (χ3v) is 4.35. The molecule has 0 amide bonds. The van der Waals surface area contributed by atoms with Gasteiger partial charge in [0.15, 0.2) is 0 Å². The van der Waals surface area contributed by atoms with Crippen molar-refractivity contribution < 1.29 is 26.3 Å². The molecule has 3 heterocycles. The highest BCUT2D eigenvalue weighted by atomic mass is 19.4. The van der Waals surface area contributed by atoms with E-state index in [2.05, 4.69) is 19.9 Å². The van der Waals surface area contributed by atoms with Crippen LogP contribution in [0.4, 0.5) is 26.3 Å². The molecule has 0 unspecified atom stereocenters. The van der Waals surface area contributed by atoms with Crippen LogP contribution in [0.15, 0.2) is 67.6 Å². The highest BCUT2D eigenvalue weighted by molar-refractivity contribution is 5.62. The highest BCUT2D eigenvalue weighted by Gasteiger charge is 2.33. The summed E-state index contributed by atoms with van der Waals surface area (Å²) in [6.45, 7) is 0. The molecule has 4 rings (SSSR count). The van der Waals surface area contributed by atoms with Crippen molar-refractivity contribution in [2.45, 2.75) is 12.4 Å². The van der Waals surface area contributed by atoms with Gasteiger partial charge in [-0.3, -0.25) is 4.57 Å². The van der Waals surface area contributed by atoms with Gasteiger partial charge in [0.2, 0.25) is 0 Å². The second-order valence-corrected chi connectivity index (χ2v) is 6.47. The predicted octanol–water partition coefficient (Wildman–Crippen LogP) is 5.43. The van der Waals surface area contributed by atoms with E-state index in [0.717, 1.165) is 36.4 Å². The second-order valence-electron chi connectivity index (χ2n) is 6.47. The lowest BCUT2D eigenvalue weighted by Crippen LogP contribution is -2.08. The third kappa shape index (κ3) is 4.39. The summed E-state index contributed by atoms with van der Waals surface area (Å²) >= 11 is 0. The largest absolute Gasteiger partial charge is 0.416 e. The predicted molar refractivity (Wildman–Crippen MR) is 97.8 cm³/mol. The first-order valence-electron chi connectivity index (χ1n) is 8.68. The molecule has 3 aromatic heterocycles. The molecule has 0 aliphatic rings. The fourth-order valence-corrected chi connectivity index (χ4v) is 2.82. The molecule has 1 aromatic carbocycles. The van der Waals surface area contributed by atoms with Gasteiger partial charge < -0.3 is 0 Å². The zero-order chi connectivity index (χ0) is 22.2. The van der Waals surface area contributed by atoms with Crippen molar-refractivity contribution in [2.24, 2.45) is 0 Å². The molecule has 11 heteroatoms. The average molecular weight is 435 g/mol. The molecular weight excluding hydrogens is 424 g/mol. The summed E-state index contributed by atoms with van der Waals surface area (Å²) in [6, 6.07) is 5.37. The number of aromatic nitrogens is 5. The van der Waals surface area contributed by atoms with Crippen LogP contribution >= 0.6 is 0 Å². The van der Waals surface area contributed by atoms with Crippen LogP contribution in [0.3, 0.4) is 0 Å². The van der Waals surface area contributed by atoms with Gasteiger partial charge in [0, 0.05) is 29.7 Å². The molecule has 0 bridgehead atoms. The van der Waals surface area contributed by atoms with Crippen molar-refractivity contribution in [1.29, 1.82) is 0 Å². The number of nitrogens with zero attached hydrogens (tertiary/aromatic N) is 5. The quantitative estimate of drug-likeness (QED) is 0.403. The topological polar surface area (TPSA) is 56.5 Å². The maximum atomic E-state index is 13.5. The Balaban J connectivity index is 1.78. The Bertz CT molecular complexity index is 1200. The normalized spacial score (nSPS) is 12.2. The van der Waals surface area contributed by atoms with E-state index < -0.39 is 23.5 Å². The van der Waals surface area contributed by atoms with Crippen LogP contribution in [-0.4, -0.2) is 24.5 Å². The van der Waals surface area contributed by atoms with E-state index in [4.69, 9.17) is 0 Å². The minimum Gasteiger partial charge on any atom is -0.290 e. The Morgan fingerprint density at radius 3 is 1.97 bits per heavy atom. The van der Waals surface area contributed by atoms with Crippen molar-refractivity contribution in [3.63, 3.8) is 0 Å². The molecule has 31 heavy (non-hydrogen) atoms. The smallest absolute Gasteiger partial charge is 0.290 e. The third-order valence-electron chi connectivity index (χ3n) is 4.35. The van der Waals surface area contributed by atoms with Crippen LogP contribution in [0.1, 0.15) is 11.1 Å². The Morgan fingerprint density at radius 1 is 0.710 bits per heavy atom. The van der Waals surface area contributed by atoms with Crippen LogP contribution < -0.4 is 0 Å². The van der Waals surface area contributed by atoms with E-state index >= 15 is 0 Å². The summed E-state index contributed by atoms with van der Waals surface area (Å²) < 4.78 is 80.0. The zero-order valence-electron chi connectivity index (χ0n) is 15.4. The van der Waals surface area contributed by atoms with Gasteiger partial charge in [-0.2, -0.15) is 26.3 Å². The molecule has 0 spiro atoms. The fourth-order valence-electron chi connectivity index (χ4n) is 2.82. The summed E-state index contributed by atoms with van der Waals surface area (Å²) in [5.41, 5.74) is -0.959. The minimum atomic E-state index is -4.69. The minimum absolute atomic E-state index is 0.0969. The molecule has 0 aliphatic heterocycles. The molecule has 0 atom stereocenters. The lowest BCUT2D eigenvalue weighted by molar-refractivity contribution is -0.138. The summed E-state index contributed by atoms with van der Waals surface area (Å²) in [4.78, 5) is 16.1. The number of hydrogen-bond acceptors (Lipinski definition) is 4. The molecule has 0 fully saturated rings. The average Bonchev–Trinajstić information content (AvgIpc) is 3.23. The number of rotatable bonds is 3. The number of benzene rings is 1. The second kappa shape index (κ2) is 7.49. The molecule has 5 nitrogen and oxygen atoms in total. The first kappa shape index (κ1) is 20.5. The van der Waals surface area contributed by atoms with Crippen molar-refractivity contribution in [1.82, 2.24) is 24.5 Å². The van der Waals surface area contributed by atoms with E-state index in [1.165, 1.54) is 35.8 Å². The molecule has 158 valence electrons. The lowest BCUT2D eigenvalue weighted by atomic mass is 10.1. The van der Waals surface area contributed by atoms with E-state index in [9.17, 15) is 26.3 Å². The molecule has 4 aromatic rings. The monoisotopic (exact) mass is 435 g/mol. The number of halogens is 6. The molecule has 0 N–H and O–H groups in total. The van der Waals surface area contributed by atoms with E-state index in [1.54, 1.807) is 0 Å². The van der Waals surface area contributed by atoms with Gasteiger partial charge >= 0.3 is 12.4 Å². The summed E-state index contributed by atoms with van der Waals surface area (Å²) in [7, 11) is 0. The van der Waals surface area contributed by atoms with Gasteiger partial charge in [-0.15, -0.1) is 0 Å². The fraction of sp³-hybridized carbons (Fsp3) is 0.100.